The molecule has 0 spiro atoms. The summed E-state index contributed by atoms with van der Waals surface area (Å²) >= 11 is 11.2. The second-order valence-corrected chi connectivity index (χ2v) is 6.99. The van der Waals surface area contributed by atoms with E-state index in [4.69, 9.17) is 11.6 Å². The third kappa shape index (κ3) is 3.39. The van der Waals surface area contributed by atoms with Crippen LogP contribution in [0.4, 0.5) is 0 Å². The largest absolute Gasteiger partial charge is 0.337 e. The Bertz CT molecular complexity index is 420. The Labute approximate surface area is 119 Å². The quantitative estimate of drug-likeness (QED) is 0.781. The van der Waals surface area contributed by atoms with Crippen molar-refractivity contribution in [3.63, 3.8) is 0 Å². The van der Waals surface area contributed by atoms with E-state index in [0.717, 1.165) is 23.3 Å². The van der Waals surface area contributed by atoms with Gasteiger partial charge in [0.05, 0.1) is 0 Å². The Hall–Kier alpha value is -0.190. The van der Waals surface area contributed by atoms with Gasteiger partial charge in [0.2, 0.25) is 0 Å². The maximum Gasteiger partial charge on any atom is 0.254 e. The van der Waals surface area contributed by atoms with Crippen LogP contribution in [0.25, 0.3) is 0 Å². The summed E-state index contributed by atoms with van der Waals surface area (Å²) in [6.07, 6.45) is 0. The molecule has 1 atom stereocenters. The van der Waals surface area contributed by atoms with Crippen LogP contribution in [0.1, 0.15) is 17.3 Å². The van der Waals surface area contributed by atoms with Gasteiger partial charge < -0.3 is 4.90 Å². The molecule has 5 heteroatoms. The first-order valence-corrected chi connectivity index (χ1v) is 7.65. The van der Waals surface area contributed by atoms with Crippen molar-refractivity contribution in [2.45, 2.75) is 12.2 Å². The Kier molecular flexibility index (Phi) is 4.39. The molecule has 1 aromatic carbocycles. The summed E-state index contributed by atoms with van der Waals surface area (Å²) in [6, 6.07) is 5.33. The summed E-state index contributed by atoms with van der Waals surface area (Å²) in [5.74, 6) is 1.08. The molecule has 1 aromatic rings. The lowest BCUT2D eigenvalue weighted by atomic mass is 10.2. The summed E-state index contributed by atoms with van der Waals surface area (Å²) in [5.41, 5.74) is 0.656. The summed E-state index contributed by atoms with van der Waals surface area (Å²) < 4.78 is 0.841. The highest BCUT2D eigenvalue weighted by Crippen LogP contribution is 2.23. The maximum absolute atomic E-state index is 12.3. The van der Waals surface area contributed by atoms with Crippen LogP contribution < -0.4 is 0 Å². The van der Waals surface area contributed by atoms with Gasteiger partial charge in [-0.25, -0.2) is 0 Å². The third-order valence-corrected chi connectivity index (χ3v) is 4.45. The van der Waals surface area contributed by atoms with Gasteiger partial charge in [0.15, 0.2) is 0 Å². The Balaban J connectivity index is 2.18. The predicted octanol–water partition coefficient (Wildman–Crippen LogP) is 3.68. The number of benzene rings is 1. The first-order chi connectivity index (χ1) is 8.06. The van der Waals surface area contributed by atoms with Gasteiger partial charge in [0.25, 0.3) is 5.91 Å². The summed E-state index contributed by atoms with van der Waals surface area (Å²) in [5, 5.41) is 1.09. The zero-order chi connectivity index (χ0) is 12.4. The number of halogens is 2. The van der Waals surface area contributed by atoms with E-state index in [1.165, 1.54) is 0 Å². The lowest BCUT2D eigenvalue weighted by molar-refractivity contribution is 0.0763. The normalized spacial score (nSPS) is 20.4. The second kappa shape index (κ2) is 5.63. The molecule has 92 valence electrons. The number of hydrogen-bond donors (Lipinski definition) is 0. The first kappa shape index (κ1) is 13.2. The molecular formula is C12H13BrClNOS. The van der Waals surface area contributed by atoms with Crippen LogP contribution in [-0.2, 0) is 0 Å². The van der Waals surface area contributed by atoms with Gasteiger partial charge in [0, 0.05) is 39.2 Å². The standard InChI is InChI=1S/C12H13BrClNOS/c1-8-7-15(2-3-17-8)12(16)9-4-10(13)6-11(14)5-9/h4-6,8H,2-3,7H2,1H3. The molecular weight excluding hydrogens is 322 g/mol. The first-order valence-electron chi connectivity index (χ1n) is 5.43. The molecule has 17 heavy (non-hydrogen) atoms. The van der Waals surface area contributed by atoms with Crippen LogP contribution in [0.15, 0.2) is 22.7 Å². The lowest BCUT2D eigenvalue weighted by Gasteiger charge is -2.30. The molecule has 0 aromatic heterocycles. The average Bonchev–Trinajstić information content (AvgIpc) is 2.26. The van der Waals surface area contributed by atoms with Crippen molar-refractivity contribution in [2.24, 2.45) is 0 Å². The Morgan fingerprint density at radius 3 is 2.94 bits per heavy atom. The smallest absolute Gasteiger partial charge is 0.254 e. The predicted molar refractivity (Wildman–Crippen MR) is 77.0 cm³/mol. The van der Waals surface area contributed by atoms with Crippen molar-refractivity contribution >= 4 is 45.2 Å². The zero-order valence-electron chi connectivity index (χ0n) is 9.45. The van der Waals surface area contributed by atoms with Crippen LogP contribution in [-0.4, -0.2) is 34.9 Å². The molecule has 1 saturated heterocycles. The molecule has 1 aliphatic rings. The van der Waals surface area contributed by atoms with Crippen LogP contribution in [0.5, 0.6) is 0 Å². The van der Waals surface area contributed by atoms with Crippen LogP contribution in [0, 0.1) is 0 Å². The number of hydrogen-bond acceptors (Lipinski definition) is 2. The molecule has 0 N–H and O–H groups in total. The molecule has 0 bridgehead atoms. The highest BCUT2D eigenvalue weighted by atomic mass is 79.9. The summed E-state index contributed by atoms with van der Waals surface area (Å²) in [4.78, 5) is 14.2. The number of carbonyl (C=O) groups excluding carboxylic acids is 1. The van der Waals surface area contributed by atoms with Crippen molar-refractivity contribution < 1.29 is 4.79 Å². The van der Waals surface area contributed by atoms with Gasteiger partial charge in [-0.05, 0) is 18.2 Å². The van der Waals surface area contributed by atoms with Gasteiger partial charge in [-0.3, -0.25) is 4.79 Å². The molecule has 1 amide bonds. The van der Waals surface area contributed by atoms with E-state index >= 15 is 0 Å². The highest BCUT2D eigenvalue weighted by molar-refractivity contribution is 9.10. The topological polar surface area (TPSA) is 20.3 Å². The summed E-state index contributed by atoms with van der Waals surface area (Å²) in [7, 11) is 0. The second-order valence-electron chi connectivity index (χ2n) is 4.09. The van der Waals surface area contributed by atoms with Crippen LogP contribution >= 0.6 is 39.3 Å². The average molecular weight is 335 g/mol. The molecule has 1 fully saturated rings. The number of carbonyl (C=O) groups is 1. The van der Waals surface area contributed by atoms with Crippen molar-refractivity contribution in [3.8, 4) is 0 Å². The zero-order valence-corrected chi connectivity index (χ0v) is 12.6. The fourth-order valence-corrected chi connectivity index (χ4v) is 3.74. The molecule has 0 radical (unpaired) electrons. The minimum absolute atomic E-state index is 0.0698. The monoisotopic (exact) mass is 333 g/mol. The molecule has 1 unspecified atom stereocenters. The number of amides is 1. The van der Waals surface area contributed by atoms with E-state index in [2.05, 4.69) is 22.9 Å². The van der Waals surface area contributed by atoms with E-state index in [1.807, 2.05) is 22.7 Å². The van der Waals surface area contributed by atoms with E-state index in [9.17, 15) is 4.79 Å². The van der Waals surface area contributed by atoms with Gasteiger partial charge in [-0.1, -0.05) is 34.5 Å². The minimum Gasteiger partial charge on any atom is -0.337 e. The minimum atomic E-state index is 0.0698. The highest BCUT2D eigenvalue weighted by Gasteiger charge is 2.22. The van der Waals surface area contributed by atoms with Gasteiger partial charge in [-0.15, -0.1) is 0 Å². The fraction of sp³-hybridized carbons (Fsp3) is 0.417. The molecule has 1 aliphatic heterocycles. The SMILES string of the molecule is CC1CN(C(=O)c2cc(Cl)cc(Br)c2)CCS1. The molecule has 1 heterocycles. The Morgan fingerprint density at radius 1 is 1.53 bits per heavy atom. The number of nitrogens with zero attached hydrogens (tertiary/aromatic N) is 1. The lowest BCUT2D eigenvalue weighted by Crippen LogP contribution is -2.41. The van der Waals surface area contributed by atoms with Crippen molar-refractivity contribution in [1.29, 1.82) is 0 Å². The van der Waals surface area contributed by atoms with Gasteiger partial charge >= 0.3 is 0 Å². The van der Waals surface area contributed by atoms with E-state index in [1.54, 1.807) is 12.1 Å². The van der Waals surface area contributed by atoms with Crippen molar-refractivity contribution in [1.82, 2.24) is 4.90 Å². The van der Waals surface area contributed by atoms with E-state index < -0.39 is 0 Å². The Morgan fingerprint density at radius 2 is 2.29 bits per heavy atom. The van der Waals surface area contributed by atoms with Crippen LogP contribution in [0.2, 0.25) is 5.02 Å². The van der Waals surface area contributed by atoms with E-state index in [0.29, 0.717) is 15.8 Å². The molecule has 0 aliphatic carbocycles. The van der Waals surface area contributed by atoms with Crippen LogP contribution in [0.3, 0.4) is 0 Å². The van der Waals surface area contributed by atoms with Crippen molar-refractivity contribution in [2.75, 3.05) is 18.8 Å². The third-order valence-electron chi connectivity index (χ3n) is 2.64. The number of thioether (sulfide) groups is 1. The molecule has 0 saturated carbocycles. The molecule has 2 rings (SSSR count). The summed E-state index contributed by atoms with van der Waals surface area (Å²) in [6.45, 7) is 3.78. The maximum atomic E-state index is 12.3. The number of rotatable bonds is 1. The van der Waals surface area contributed by atoms with Crippen molar-refractivity contribution in [3.05, 3.63) is 33.3 Å². The fourth-order valence-electron chi connectivity index (χ4n) is 1.86. The van der Waals surface area contributed by atoms with Gasteiger partial charge in [-0.2, -0.15) is 11.8 Å². The molecule has 2 nitrogen and oxygen atoms in total. The van der Waals surface area contributed by atoms with E-state index in [-0.39, 0.29) is 5.91 Å². The van der Waals surface area contributed by atoms with Gasteiger partial charge in [0.1, 0.15) is 0 Å².